The van der Waals surface area contributed by atoms with E-state index in [0.29, 0.717) is 0 Å². The molecule has 102 valence electrons. The number of carbonyl (C=O) groups excluding carboxylic acids is 2. The summed E-state index contributed by atoms with van der Waals surface area (Å²) in [7, 11) is 0. The second-order valence-electron chi connectivity index (χ2n) is 4.02. The number of nitrogens with zero attached hydrogens (tertiary/aromatic N) is 1. The van der Waals surface area contributed by atoms with Gasteiger partial charge in [-0.15, -0.1) is 0 Å². The van der Waals surface area contributed by atoms with E-state index in [-0.39, 0.29) is 16.5 Å². The first-order valence-corrected chi connectivity index (χ1v) is 5.75. The minimum atomic E-state index is -0.780. The number of nitro benzene ring substituents is 1. The molecule has 19 heavy (non-hydrogen) atoms. The van der Waals surface area contributed by atoms with Crippen LogP contribution in [0, 0.1) is 16.0 Å². The zero-order valence-electron chi connectivity index (χ0n) is 10.3. The average Bonchev–Trinajstić information content (AvgIpc) is 2.35. The Hall–Kier alpha value is -2.15. The molecule has 0 spiro atoms. The van der Waals surface area contributed by atoms with Gasteiger partial charge < -0.3 is 0 Å². The predicted molar refractivity (Wildman–Crippen MR) is 68.6 cm³/mol. The molecule has 2 amide bonds. The van der Waals surface area contributed by atoms with Crippen LogP contribution in [0.5, 0.6) is 0 Å². The van der Waals surface area contributed by atoms with E-state index in [1.807, 2.05) is 0 Å². The van der Waals surface area contributed by atoms with E-state index in [0.717, 1.165) is 6.07 Å². The number of hydrogen-bond acceptors (Lipinski definition) is 4. The molecule has 2 N–H and O–H groups in total. The van der Waals surface area contributed by atoms with Crippen molar-refractivity contribution < 1.29 is 14.5 Å². The Balaban J connectivity index is 2.88. The molecule has 0 aliphatic rings. The van der Waals surface area contributed by atoms with Gasteiger partial charge in [0.2, 0.25) is 5.91 Å². The monoisotopic (exact) mass is 285 g/mol. The lowest BCUT2D eigenvalue weighted by molar-refractivity contribution is -0.385. The quantitative estimate of drug-likeness (QED) is 0.651. The van der Waals surface area contributed by atoms with Crippen molar-refractivity contribution in [3.8, 4) is 0 Å². The van der Waals surface area contributed by atoms with Crippen molar-refractivity contribution >= 4 is 29.1 Å². The van der Waals surface area contributed by atoms with Gasteiger partial charge in [-0.25, -0.2) is 0 Å². The van der Waals surface area contributed by atoms with Gasteiger partial charge in [0, 0.05) is 17.0 Å². The van der Waals surface area contributed by atoms with E-state index in [1.165, 1.54) is 12.1 Å². The Labute approximate surface area is 114 Å². The van der Waals surface area contributed by atoms with E-state index < -0.39 is 22.4 Å². The van der Waals surface area contributed by atoms with Crippen LogP contribution in [0.25, 0.3) is 0 Å². The Morgan fingerprint density at radius 3 is 2.47 bits per heavy atom. The fraction of sp³-hybridized carbons (Fsp3) is 0.273. The molecule has 1 aromatic rings. The molecule has 0 saturated carbocycles. The van der Waals surface area contributed by atoms with Gasteiger partial charge >= 0.3 is 0 Å². The van der Waals surface area contributed by atoms with Crippen molar-refractivity contribution in [2.75, 3.05) is 0 Å². The second kappa shape index (κ2) is 6.14. The highest BCUT2D eigenvalue weighted by atomic mass is 35.5. The van der Waals surface area contributed by atoms with E-state index in [9.17, 15) is 19.7 Å². The third-order valence-corrected chi connectivity index (χ3v) is 2.46. The van der Waals surface area contributed by atoms with Crippen molar-refractivity contribution in [1.29, 1.82) is 0 Å². The van der Waals surface area contributed by atoms with Crippen LogP contribution in [-0.2, 0) is 4.79 Å². The molecule has 0 aliphatic carbocycles. The Bertz CT molecular complexity index is 531. The van der Waals surface area contributed by atoms with Gasteiger partial charge in [-0.2, -0.15) is 0 Å². The zero-order valence-corrected chi connectivity index (χ0v) is 11.0. The van der Waals surface area contributed by atoms with Crippen LogP contribution in [0.15, 0.2) is 18.2 Å². The minimum absolute atomic E-state index is 0.148. The number of nitro groups is 1. The van der Waals surface area contributed by atoms with E-state index >= 15 is 0 Å². The molecule has 8 heteroatoms. The minimum Gasteiger partial charge on any atom is -0.273 e. The van der Waals surface area contributed by atoms with Gasteiger partial charge in [0.15, 0.2) is 0 Å². The summed E-state index contributed by atoms with van der Waals surface area (Å²) < 4.78 is 0. The fourth-order valence-electron chi connectivity index (χ4n) is 1.18. The molecule has 0 saturated heterocycles. The molecular weight excluding hydrogens is 274 g/mol. The Kier molecular flexibility index (Phi) is 4.82. The van der Waals surface area contributed by atoms with E-state index in [2.05, 4.69) is 10.9 Å². The zero-order chi connectivity index (χ0) is 14.6. The number of hydrazine groups is 1. The third-order valence-electron chi connectivity index (χ3n) is 2.22. The molecule has 0 unspecified atom stereocenters. The number of amides is 2. The van der Waals surface area contributed by atoms with Crippen LogP contribution in [-0.4, -0.2) is 16.7 Å². The lowest BCUT2D eigenvalue weighted by Gasteiger charge is -2.09. The van der Waals surface area contributed by atoms with Gasteiger partial charge in [-0.1, -0.05) is 25.4 Å². The second-order valence-corrected chi connectivity index (χ2v) is 4.45. The standard InChI is InChI=1S/C11H12ClN3O4/c1-6(2)10(16)13-14-11(17)8-4-3-7(12)5-9(8)15(18)19/h3-6H,1-2H3,(H,13,16)(H,14,17). The van der Waals surface area contributed by atoms with Crippen molar-refractivity contribution in [2.45, 2.75) is 13.8 Å². The van der Waals surface area contributed by atoms with Gasteiger partial charge in [-0.05, 0) is 12.1 Å². The number of carbonyl (C=O) groups is 2. The van der Waals surface area contributed by atoms with Crippen molar-refractivity contribution in [2.24, 2.45) is 5.92 Å². The maximum atomic E-state index is 11.7. The summed E-state index contributed by atoms with van der Waals surface area (Å²) in [5.74, 6) is -1.50. The number of rotatable bonds is 3. The molecule has 7 nitrogen and oxygen atoms in total. The fourth-order valence-corrected chi connectivity index (χ4v) is 1.34. The van der Waals surface area contributed by atoms with Gasteiger partial charge in [0.05, 0.1) is 4.92 Å². The summed E-state index contributed by atoms with van der Waals surface area (Å²) in [6.45, 7) is 3.29. The van der Waals surface area contributed by atoms with Crippen LogP contribution in [0.3, 0.4) is 0 Å². The summed E-state index contributed by atoms with van der Waals surface area (Å²) in [6, 6.07) is 3.64. The first-order valence-electron chi connectivity index (χ1n) is 5.37. The van der Waals surface area contributed by atoms with Crippen LogP contribution in [0.2, 0.25) is 5.02 Å². The first-order chi connectivity index (χ1) is 8.82. The number of nitrogens with one attached hydrogen (secondary N) is 2. The van der Waals surface area contributed by atoms with Crippen molar-refractivity contribution in [1.82, 2.24) is 10.9 Å². The largest absolute Gasteiger partial charge is 0.283 e. The molecular formula is C11H12ClN3O4. The predicted octanol–water partition coefficient (Wildman–Crippen LogP) is 1.67. The Morgan fingerprint density at radius 2 is 1.95 bits per heavy atom. The van der Waals surface area contributed by atoms with Crippen LogP contribution in [0.4, 0.5) is 5.69 Å². The average molecular weight is 286 g/mol. The van der Waals surface area contributed by atoms with Crippen LogP contribution < -0.4 is 10.9 Å². The van der Waals surface area contributed by atoms with Crippen LogP contribution in [0.1, 0.15) is 24.2 Å². The lowest BCUT2D eigenvalue weighted by Crippen LogP contribution is -2.43. The molecule has 0 aromatic heterocycles. The van der Waals surface area contributed by atoms with Crippen molar-refractivity contribution in [3.05, 3.63) is 38.9 Å². The maximum Gasteiger partial charge on any atom is 0.283 e. The van der Waals surface area contributed by atoms with Gasteiger partial charge in [0.1, 0.15) is 5.56 Å². The number of hydrogen-bond donors (Lipinski definition) is 2. The Morgan fingerprint density at radius 1 is 1.32 bits per heavy atom. The summed E-state index contributed by atoms with van der Waals surface area (Å²) in [5.41, 5.74) is 3.67. The molecule has 0 fully saturated rings. The highest BCUT2D eigenvalue weighted by Crippen LogP contribution is 2.22. The molecule has 0 bridgehead atoms. The maximum absolute atomic E-state index is 11.7. The number of halogens is 1. The highest BCUT2D eigenvalue weighted by Gasteiger charge is 2.21. The summed E-state index contributed by atoms with van der Waals surface area (Å²) in [4.78, 5) is 33.1. The molecule has 0 aliphatic heterocycles. The molecule has 0 atom stereocenters. The molecule has 0 heterocycles. The van der Waals surface area contributed by atoms with Crippen molar-refractivity contribution in [3.63, 3.8) is 0 Å². The molecule has 1 aromatic carbocycles. The summed E-state index contributed by atoms with van der Waals surface area (Å²) in [6.07, 6.45) is 0. The summed E-state index contributed by atoms with van der Waals surface area (Å²) >= 11 is 5.63. The SMILES string of the molecule is CC(C)C(=O)NNC(=O)c1ccc(Cl)cc1[N+](=O)[O-]. The normalized spacial score (nSPS) is 10.1. The molecule has 1 rings (SSSR count). The lowest BCUT2D eigenvalue weighted by atomic mass is 10.1. The van der Waals surface area contributed by atoms with Gasteiger partial charge in [-0.3, -0.25) is 30.6 Å². The highest BCUT2D eigenvalue weighted by molar-refractivity contribution is 6.31. The van der Waals surface area contributed by atoms with Gasteiger partial charge in [0.25, 0.3) is 11.6 Å². The van der Waals surface area contributed by atoms with E-state index in [4.69, 9.17) is 11.6 Å². The topological polar surface area (TPSA) is 101 Å². The van der Waals surface area contributed by atoms with E-state index in [1.54, 1.807) is 13.8 Å². The smallest absolute Gasteiger partial charge is 0.273 e. The first kappa shape index (κ1) is 14.9. The summed E-state index contributed by atoms with van der Waals surface area (Å²) in [5, 5.41) is 11.0. The van der Waals surface area contributed by atoms with Crippen LogP contribution >= 0.6 is 11.6 Å². The molecule has 0 radical (unpaired) electrons. The third kappa shape index (κ3) is 3.92. The number of benzene rings is 1.